The molecule has 0 spiro atoms. The van der Waals surface area contributed by atoms with Gasteiger partial charge in [0.15, 0.2) is 5.89 Å². The van der Waals surface area contributed by atoms with E-state index in [2.05, 4.69) is 4.98 Å². The van der Waals surface area contributed by atoms with Crippen molar-refractivity contribution in [1.82, 2.24) is 4.98 Å². The number of aromatic hydroxyl groups is 1. The SMILES string of the molecule is CC(=O)Cc1cnc(Cc2ccc(O)cc2)o1. The minimum atomic E-state index is 0.0531. The Morgan fingerprint density at radius 2 is 2.06 bits per heavy atom. The summed E-state index contributed by atoms with van der Waals surface area (Å²) in [4.78, 5) is 15.0. The monoisotopic (exact) mass is 231 g/mol. The number of hydrogen-bond donors (Lipinski definition) is 1. The van der Waals surface area contributed by atoms with Crippen molar-refractivity contribution in [3.63, 3.8) is 0 Å². The van der Waals surface area contributed by atoms with Crippen LogP contribution in [0.15, 0.2) is 34.9 Å². The van der Waals surface area contributed by atoms with Crippen LogP contribution in [-0.4, -0.2) is 15.9 Å². The molecular weight excluding hydrogens is 218 g/mol. The van der Waals surface area contributed by atoms with E-state index in [0.717, 1.165) is 5.56 Å². The van der Waals surface area contributed by atoms with E-state index in [0.29, 0.717) is 18.1 Å². The molecule has 1 N–H and O–H groups in total. The minimum Gasteiger partial charge on any atom is -0.508 e. The second kappa shape index (κ2) is 4.82. The first kappa shape index (κ1) is 11.4. The van der Waals surface area contributed by atoms with Crippen molar-refractivity contribution in [2.24, 2.45) is 0 Å². The molecule has 0 atom stereocenters. The number of oxazole rings is 1. The Labute approximate surface area is 98.9 Å². The first-order valence-corrected chi connectivity index (χ1v) is 5.34. The lowest BCUT2D eigenvalue weighted by Gasteiger charge is -1.97. The number of phenolic OH excluding ortho intramolecular Hbond substituents is 1. The lowest BCUT2D eigenvalue weighted by atomic mass is 10.1. The zero-order valence-corrected chi connectivity index (χ0v) is 9.51. The van der Waals surface area contributed by atoms with Crippen molar-refractivity contribution in [1.29, 1.82) is 0 Å². The fraction of sp³-hybridized carbons (Fsp3) is 0.231. The predicted octanol–water partition coefficient (Wildman–Crippen LogP) is 2.10. The van der Waals surface area contributed by atoms with Crippen LogP contribution in [0.5, 0.6) is 5.75 Å². The zero-order chi connectivity index (χ0) is 12.3. The van der Waals surface area contributed by atoms with Crippen molar-refractivity contribution in [2.45, 2.75) is 19.8 Å². The third-order valence-corrected chi connectivity index (χ3v) is 2.32. The maximum Gasteiger partial charge on any atom is 0.198 e. The van der Waals surface area contributed by atoms with Gasteiger partial charge in [-0.2, -0.15) is 0 Å². The summed E-state index contributed by atoms with van der Waals surface area (Å²) in [5.74, 6) is 1.45. The maximum absolute atomic E-state index is 10.9. The van der Waals surface area contributed by atoms with Gasteiger partial charge >= 0.3 is 0 Å². The van der Waals surface area contributed by atoms with Gasteiger partial charge in [0.25, 0.3) is 0 Å². The smallest absolute Gasteiger partial charge is 0.198 e. The quantitative estimate of drug-likeness (QED) is 0.875. The van der Waals surface area contributed by atoms with Crippen LogP contribution >= 0.6 is 0 Å². The number of benzene rings is 1. The van der Waals surface area contributed by atoms with Gasteiger partial charge < -0.3 is 9.52 Å². The molecule has 0 aliphatic rings. The van der Waals surface area contributed by atoms with Gasteiger partial charge in [-0.15, -0.1) is 0 Å². The number of phenols is 1. The molecule has 0 bridgehead atoms. The molecule has 1 aromatic heterocycles. The van der Waals surface area contributed by atoms with E-state index in [1.165, 1.54) is 6.92 Å². The Morgan fingerprint density at radius 3 is 2.71 bits per heavy atom. The van der Waals surface area contributed by atoms with Crippen LogP contribution in [0.25, 0.3) is 0 Å². The highest BCUT2D eigenvalue weighted by Gasteiger charge is 2.06. The van der Waals surface area contributed by atoms with Crippen molar-refractivity contribution >= 4 is 5.78 Å². The van der Waals surface area contributed by atoms with Crippen LogP contribution < -0.4 is 0 Å². The fourth-order valence-electron chi connectivity index (χ4n) is 1.55. The highest BCUT2D eigenvalue weighted by Crippen LogP contribution is 2.14. The Bertz CT molecular complexity index is 514. The van der Waals surface area contributed by atoms with E-state index in [-0.39, 0.29) is 18.0 Å². The van der Waals surface area contributed by atoms with E-state index >= 15 is 0 Å². The van der Waals surface area contributed by atoms with Gasteiger partial charge in [0.1, 0.15) is 17.3 Å². The van der Waals surface area contributed by atoms with Crippen LogP contribution in [0.1, 0.15) is 24.1 Å². The molecule has 0 radical (unpaired) electrons. The summed E-state index contributed by atoms with van der Waals surface area (Å²) in [6.45, 7) is 1.52. The number of ketones is 1. The molecule has 88 valence electrons. The van der Waals surface area contributed by atoms with Gasteiger partial charge in [0.2, 0.25) is 0 Å². The van der Waals surface area contributed by atoms with E-state index in [9.17, 15) is 4.79 Å². The molecule has 1 heterocycles. The number of nitrogens with zero attached hydrogens (tertiary/aromatic N) is 1. The summed E-state index contributed by atoms with van der Waals surface area (Å²) in [6.07, 6.45) is 2.41. The predicted molar refractivity (Wildman–Crippen MR) is 61.8 cm³/mol. The Kier molecular flexibility index (Phi) is 3.23. The number of Topliss-reactive ketones (excluding diaryl/α,β-unsaturated/α-hetero) is 1. The van der Waals surface area contributed by atoms with E-state index in [4.69, 9.17) is 9.52 Å². The summed E-state index contributed by atoms with van der Waals surface area (Å²) < 4.78 is 5.43. The average Bonchev–Trinajstić information content (AvgIpc) is 2.68. The third kappa shape index (κ3) is 3.17. The van der Waals surface area contributed by atoms with Gasteiger partial charge in [-0.3, -0.25) is 4.79 Å². The van der Waals surface area contributed by atoms with Gasteiger partial charge in [-0.05, 0) is 24.6 Å². The molecule has 0 saturated carbocycles. The largest absolute Gasteiger partial charge is 0.508 e. The summed E-state index contributed by atoms with van der Waals surface area (Å²) in [6, 6.07) is 6.86. The molecule has 2 rings (SSSR count). The standard InChI is InChI=1S/C13H13NO3/c1-9(15)6-12-8-14-13(17-12)7-10-2-4-11(16)5-3-10/h2-5,8,16H,6-7H2,1H3. The highest BCUT2D eigenvalue weighted by atomic mass is 16.4. The summed E-state index contributed by atoms with van der Waals surface area (Å²) in [5, 5.41) is 9.15. The average molecular weight is 231 g/mol. The van der Waals surface area contributed by atoms with Crippen molar-refractivity contribution in [3.8, 4) is 5.75 Å². The molecule has 0 aliphatic carbocycles. The van der Waals surface area contributed by atoms with Crippen molar-refractivity contribution in [2.75, 3.05) is 0 Å². The lowest BCUT2D eigenvalue weighted by Crippen LogP contribution is -1.93. The van der Waals surface area contributed by atoms with Gasteiger partial charge in [-0.1, -0.05) is 12.1 Å². The summed E-state index contributed by atoms with van der Waals surface area (Å²) >= 11 is 0. The molecule has 0 aliphatic heterocycles. The Balaban J connectivity index is 2.06. The van der Waals surface area contributed by atoms with E-state index < -0.39 is 0 Å². The minimum absolute atomic E-state index is 0.0531. The fourth-order valence-corrected chi connectivity index (χ4v) is 1.55. The van der Waals surface area contributed by atoms with Gasteiger partial charge in [-0.25, -0.2) is 4.98 Å². The molecule has 1 aromatic carbocycles. The zero-order valence-electron chi connectivity index (χ0n) is 9.51. The van der Waals surface area contributed by atoms with Gasteiger partial charge in [0.05, 0.1) is 12.6 Å². The first-order chi connectivity index (χ1) is 8.13. The molecule has 4 nitrogen and oxygen atoms in total. The van der Waals surface area contributed by atoms with E-state index in [1.54, 1.807) is 18.3 Å². The number of carbonyl (C=O) groups is 1. The van der Waals surface area contributed by atoms with Crippen LogP contribution in [0.3, 0.4) is 0 Å². The molecule has 17 heavy (non-hydrogen) atoms. The molecular formula is C13H13NO3. The lowest BCUT2D eigenvalue weighted by molar-refractivity contribution is -0.116. The topological polar surface area (TPSA) is 63.3 Å². The normalized spacial score (nSPS) is 10.4. The van der Waals surface area contributed by atoms with Crippen LogP contribution in [-0.2, 0) is 17.6 Å². The van der Waals surface area contributed by atoms with Crippen LogP contribution in [0.2, 0.25) is 0 Å². The van der Waals surface area contributed by atoms with Gasteiger partial charge in [0, 0.05) is 6.42 Å². The number of rotatable bonds is 4. The first-order valence-electron chi connectivity index (χ1n) is 5.34. The van der Waals surface area contributed by atoms with Crippen LogP contribution in [0, 0.1) is 0 Å². The maximum atomic E-state index is 10.9. The molecule has 0 amide bonds. The second-order valence-electron chi connectivity index (χ2n) is 3.94. The highest BCUT2D eigenvalue weighted by molar-refractivity contribution is 5.77. The second-order valence-corrected chi connectivity index (χ2v) is 3.94. The van der Waals surface area contributed by atoms with Crippen molar-refractivity contribution < 1.29 is 14.3 Å². The summed E-state index contributed by atoms with van der Waals surface area (Å²) in [7, 11) is 0. The van der Waals surface area contributed by atoms with E-state index in [1.807, 2.05) is 12.1 Å². The Hall–Kier alpha value is -2.10. The van der Waals surface area contributed by atoms with Crippen molar-refractivity contribution in [3.05, 3.63) is 47.7 Å². The summed E-state index contributed by atoms with van der Waals surface area (Å²) in [5.41, 5.74) is 0.999. The molecule has 0 fully saturated rings. The number of aromatic nitrogens is 1. The molecule has 0 saturated heterocycles. The Morgan fingerprint density at radius 1 is 1.35 bits per heavy atom. The number of carbonyl (C=O) groups excluding carboxylic acids is 1. The molecule has 2 aromatic rings. The molecule has 0 unspecified atom stereocenters. The number of hydrogen-bond acceptors (Lipinski definition) is 4. The third-order valence-electron chi connectivity index (χ3n) is 2.32. The molecule has 4 heteroatoms. The van der Waals surface area contributed by atoms with Crippen LogP contribution in [0.4, 0.5) is 0 Å².